The van der Waals surface area contributed by atoms with Gasteiger partial charge >= 0.3 is 5.97 Å². The molecule has 6 heteroatoms. The van der Waals surface area contributed by atoms with E-state index in [9.17, 15) is 9.59 Å². The summed E-state index contributed by atoms with van der Waals surface area (Å²) in [5.74, 6) is -0.261. The average Bonchev–Trinajstić information content (AvgIpc) is 3.38. The van der Waals surface area contributed by atoms with Gasteiger partial charge in [0.2, 0.25) is 0 Å². The summed E-state index contributed by atoms with van der Waals surface area (Å²) in [6.07, 6.45) is 2.47. The van der Waals surface area contributed by atoms with Gasteiger partial charge in [-0.15, -0.1) is 11.3 Å². The lowest BCUT2D eigenvalue weighted by molar-refractivity contribution is -0.146. The first-order valence-corrected chi connectivity index (χ1v) is 10.2. The number of rotatable bonds is 4. The van der Waals surface area contributed by atoms with E-state index in [1.807, 2.05) is 18.4 Å². The van der Waals surface area contributed by atoms with Gasteiger partial charge < -0.3 is 10.1 Å². The third-order valence-corrected chi connectivity index (χ3v) is 6.73. The Kier molecular flexibility index (Phi) is 5.02. The first-order valence-electron chi connectivity index (χ1n) is 9.32. The number of hydrogen-bond donors (Lipinski definition) is 1. The number of carbonyl (C=O) groups excluding carboxylic acids is 2. The van der Waals surface area contributed by atoms with Crippen LogP contribution in [0.1, 0.15) is 32.8 Å². The number of aryl methyl sites for hydroxylation is 1. The molecule has 2 aromatic rings. The van der Waals surface area contributed by atoms with E-state index in [0.717, 1.165) is 23.3 Å². The van der Waals surface area contributed by atoms with Crippen LogP contribution in [-0.4, -0.2) is 48.6 Å². The Morgan fingerprint density at radius 1 is 1.19 bits per heavy atom. The maximum atomic E-state index is 12.6. The molecule has 0 saturated carbocycles. The lowest BCUT2D eigenvalue weighted by Gasteiger charge is -2.28. The van der Waals surface area contributed by atoms with E-state index in [1.165, 1.54) is 29.6 Å². The average molecular weight is 385 g/mol. The van der Waals surface area contributed by atoms with Crippen LogP contribution in [0.5, 0.6) is 0 Å². The molecule has 4 rings (SSSR count). The molecule has 0 unspecified atom stereocenters. The summed E-state index contributed by atoms with van der Waals surface area (Å²) in [6.45, 7) is 2.62. The minimum atomic E-state index is -0.302. The maximum absolute atomic E-state index is 12.6. The number of benzene rings is 1. The predicted octanol–water partition coefficient (Wildman–Crippen LogP) is 2.57. The number of esters is 1. The van der Waals surface area contributed by atoms with Crippen molar-refractivity contribution in [3.05, 3.63) is 57.3 Å². The van der Waals surface area contributed by atoms with Crippen LogP contribution >= 0.6 is 11.3 Å². The van der Waals surface area contributed by atoms with Crippen molar-refractivity contribution in [1.82, 2.24) is 10.2 Å². The molecule has 1 N–H and O–H groups in total. The van der Waals surface area contributed by atoms with Gasteiger partial charge in [-0.1, -0.05) is 24.3 Å². The molecule has 5 nitrogen and oxygen atoms in total. The highest BCUT2D eigenvalue weighted by Crippen LogP contribution is 2.31. The molecule has 0 bridgehead atoms. The summed E-state index contributed by atoms with van der Waals surface area (Å²) in [7, 11) is 1.44. The summed E-state index contributed by atoms with van der Waals surface area (Å²) in [5.41, 5.74) is 3.70. The fourth-order valence-corrected chi connectivity index (χ4v) is 5.19. The van der Waals surface area contributed by atoms with Crippen LogP contribution in [0.3, 0.4) is 0 Å². The molecule has 1 aliphatic heterocycles. The molecule has 27 heavy (non-hydrogen) atoms. The highest BCUT2D eigenvalue weighted by Gasteiger charge is 2.43. The third kappa shape index (κ3) is 3.51. The van der Waals surface area contributed by atoms with Crippen molar-refractivity contribution in [3.63, 3.8) is 0 Å². The number of nitrogens with one attached hydrogen (secondary N) is 1. The van der Waals surface area contributed by atoms with Crippen molar-refractivity contribution in [2.45, 2.75) is 44.3 Å². The lowest BCUT2D eigenvalue weighted by atomic mass is 10.1. The van der Waals surface area contributed by atoms with Crippen molar-refractivity contribution in [3.8, 4) is 0 Å². The van der Waals surface area contributed by atoms with E-state index in [1.54, 1.807) is 0 Å². The number of ether oxygens (including phenoxy) is 1. The number of amides is 1. The molecule has 1 fully saturated rings. The monoisotopic (exact) mass is 384 g/mol. The zero-order valence-corrected chi connectivity index (χ0v) is 16.4. The second-order valence-electron chi connectivity index (χ2n) is 7.41. The zero-order valence-electron chi connectivity index (χ0n) is 15.6. The van der Waals surface area contributed by atoms with Crippen LogP contribution in [0.2, 0.25) is 0 Å². The van der Waals surface area contributed by atoms with Gasteiger partial charge in [0, 0.05) is 18.6 Å². The van der Waals surface area contributed by atoms with E-state index in [2.05, 4.69) is 34.5 Å². The standard InChI is InChI=1S/C21H24N2O3S/c1-13-7-8-27-19(13)20(24)22-16-11-18(21(25)26-2)23(12-16)17-9-14-5-3-4-6-15(14)10-17/h3-8,16-18H,9-12H2,1-2H3,(H,22,24)/t16-,18-/m0/s1. The highest BCUT2D eigenvalue weighted by atomic mass is 32.1. The number of carbonyl (C=O) groups is 2. The Morgan fingerprint density at radius 2 is 1.89 bits per heavy atom. The number of hydrogen-bond acceptors (Lipinski definition) is 5. The van der Waals surface area contributed by atoms with Gasteiger partial charge in [-0.3, -0.25) is 14.5 Å². The normalized spacial score (nSPS) is 22.6. The fraction of sp³-hybridized carbons (Fsp3) is 0.429. The first-order chi connectivity index (χ1) is 13.1. The fourth-order valence-electron chi connectivity index (χ4n) is 4.36. The van der Waals surface area contributed by atoms with Crippen LogP contribution in [-0.2, 0) is 22.4 Å². The highest BCUT2D eigenvalue weighted by molar-refractivity contribution is 7.12. The summed E-state index contributed by atoms with van der Waals surface area (Å²) < 4.78 is 5.05. The molecule has 2 aliphatic rings. The second kappa shape index (κ2) is 7.44. The summed E-state index contributed by atoms with van der Waals surface area (Å²) in [5, 5.41) is 5.06. The van der Waals surface area contributed by atoms with Crippen LogP contribution in [0.25, 0.3) is 0 Å². The molecule has 1 aliphatic carbocycles. The van der Waals surface area contributed by atoms with Crippen molar-refractivity contribution in [2.75, 3.05) is 13.7 Å². The van der Waals surface area contributed by atoms with Gasteiger partial charge in [-0.2, -0.15) is 0 Å². The Bertz CT molecular complexity index is 838. The van der Waals surface area contributed by atoms with Crippen molar-refractivity contribution in [1.29, 1.82) is 0 Å². The first kappa shape index (κ1) is 18.2. The van der Waals surface area contributed by atoms with Crippen molar-refractivity contribution < 1.29 is 14.3 Å². The van der Waals surface area contributed by atoms with Gasteiger partial charge in [-0.25, -0.2) is 0 Å². The molecule has 1 aromatic carbocycles. The predicted molar refractivity (Wildman–Crippen MR) is 105 cm³/mol. The number of thiophene rings is 1. The minimum Gasteiger partial charge on any atom is -0.468 e. The molecule has 1 saturated heterocycles. The van der Waals surface area contributed by atoms with E-state index < -0.39 is 0 Å². The molecule has 2 heterocycles. The van der Waals surface area contributed by atoms with Gasteiger partial charge in [0.05, 0.1) is 12.0 Å². The number of likely N-dealkylation sites (tertiary alicyclic amines) is 1. The largest absolute Gasteiger partial charge is 0.468 e. The molecular weight excluding hydrogens is 360 g/mol. The Morgan fingerprint density at radius 3 is 2.48 bits per heavy atom. The summed E-state index contributed by atoms with van der Waals surface area (Å²) in [4.78, 5) is 28.0. The molecule has 142 valence electrons. The van der Waals surface area contributed by atoms with E-state index >= 15 is 0 Å². The summed E-state index contributed by atoms with van der Waals surface area (Å²) in [6, 6.07) is 10.3. The van der Waals surface area contributed by atoms with Crippen LogP contribution in [0.4, 0.5) is 0 Å². The zero-order chi connectivity index (χ0) is 19.0. The van der Waals surface area contributed by atoms with E-state index in [-0.39, 0.29) is 30.0 Å². The molecule has 0 spiro atoms. The second-order valence-corrected chi connectivity index (χ2v) is 8.32. The van der Waals surface area contributed by atoms with Gasteiger partial charge in [0.25, 0.3) is 5.91 Å². The summed E-state index contributed by atoms with van der Waals surface area (Å²) >= 11 is 1.45. The number of methoxy groups -OCH3 is 1. The molecular formula is C21H24N2O3S. The minimum absolute atomic E-state index is 0.0485. The smallest absolute Gasteiger partial charge is 0.323 e. The van der Waals surface area contributed by atoms with Crippen LogP contribution in [0.15, 0.2) is 35.7 Å². The SMILES string of the molecule is COC(=O)[C@@H]1C[C@H](NC(=O)c2sccc2C)CN1C1Cc2ccccc2C1. The lowest BCUT2D eigenvalue weighted by Crippen LogP contribution is -2.45. The number of nitrogens with zero attached hydrogens (tertiary/aromatic N) is 1. The topological polar surface area (TPSA) is 58.6 Å². The van der Waals surface area contributed by atoms with Gasteiger partial charge in [0.1, 0.15) is 6.04 Å². The molecule has 0 radical (unpaired) electrons. The Balaban J connectivity index is 1.49. The third-order valence-electron chi connectivity index (χ3n) is 5.71. The van der Waals surface area contributed by atoms with Crippen LogP contribution in [0, 0.1) is 6.92 Å². The molecule has 1 amide bonds. The van der Waals surface area contributed by atoms with Crippen LogP contribution < -0.4 is 5.32 Å². The number of fused-ring (bicyclic) bond motifs is 1. The van der Waals surface area contributed by atoms with E-state index in [4.69, 9.17) is 4.74 Å². The van der Waals surface area contributed by atoms with Gasteiger partial charge in [0.15, 0.2) is 0 Å². The quantitative estimate of drug-likeness (QED) is 0.823. The maximum Gasteiger partial charge on any atom is 0.323 e. The van der Waals surface area contributed by atoms with Crippen molar-refractivity contribution >= 4 is 23.2 Å². The van der Waals surface area contributed by atoms with Crippen molar-refractivity contribution in [2.24, 2.45) is 0 Å². The molecule has 2 atom stereocenters. The van der Waals surface area contributed by atoms with E-state index in [0.29, 0.717) is 13.0 Å². The molecule has 1 aromatic heterocycles. The Hall–Kier alpha value is -2.18. The van der Waals surface area contributed by atoms with Gasteiger partial charge in [-0.05, 0) is 54.3 Å². The Labute approximate surface area is 163 Å².